The largest absolute Gasteiger partial charge is 0.497 e. The predicted octanol–water partition coefficient (Wildman–Crippen LogP) is 4.10. The van der Waals surface area contributed by atoms with E-state index < -0.39 is 5.97 Å². The third-order valence-corrected chi connectivity index (χ3v) is 4.08. The smallest absolute Gasteiger partial charge is 0.336 e. The Kier molecular flexibility index (Phi) is 5.87. The van der Waals surface area contributed by atoms with Gasteiger partial charge in [0.25, 0.3) is 0 Å². The van der Waals surface area contributed by atoms with Gasteiger partial charge >= 0.3 is 5.97 Å². The zero-order chi connectivity index (χ0) is 17.7. The van der Waals surface area contributed by atoms with Crippen LogP contribution in [0.3, 0.4) is 0 Å². The third kappa shape index (κ3) is 3.89. The van der Waals surface area contributed by atoms with E-state index in [9.17, 15) is 9.90 Å². The number of rotatable bonds is 6. The quantitative estimate of drug-likeness (QED) is 0.592. The van der Waals surface area contributed by atoms with Crippen LogP contribution in [0.2, 0.25) is 0 Å². The van der Waals surface area contributed by atoms with E-state index in [1.165, 1.54) is 14.2 Å². The highest BCUT2D eigenvalue weighted by atomic mass is 79.9. The zero-order valence-electron chi connectivity index (χ0n) is 13.5. The van der Waals surface area contributed by atoms with Crippen molar-refractivity contribution < 1.29 is 24.1 Å². The van der Waals surface area contributed by atoms with Crippen LogP contribution in [-0.2, 0) is 4.79 Å². The molecule has 5 nitrogen and oxygen atoms in total. The predicted molar refractivity (Wildman–Crippen MR) is 95.7 cm³/mol. The highest BCUT2D eigenvalue weighted by Gasteiger charge is 2.18. The zero-order valence-corrected chi connectivity index (χ0v) is 15.1. The molecular weight excluding hydrogens is 376 g/mol. The SMILES string of the molecule is COc1ccc(/C=C(/C(=O)O)c2cc(OC)c(OC)cc2Br)cc1. The Morgan fingerprint density at radius 1 is 1.00 bits per heavy atom. The molecule has 0 aromatic heterocycles. The van der Waals surface area contributed by atoms with E-state index in [-0.39, 0.29) is 5.57 Å². The highest BCUT2D eigenvalue weighted by molar-refractivity contribution is 9.10. The summed E-state index contributed by atoms with van der Waals surface area (Å²) in [6.45, 7) is 0. The van der Waals surface area contributed by atoms with E-state index in [0.717, 1.165) is 5.56 Å². The monoisotopic (exact) mass is 392 g/mol. The minimum Gasteiger partial charge on any atom is -0.497 e. The minimum atomic E-state index is -1.04. The Hall–Kier alpha value is -2.47. The molecule has 0 amide bonds. The number of benzene rings is 2. The second-order valence-electron chi connectivity index (χ2n) is 4.82. The average molecular weight is 393 g/mol. The Labute approximate surface area is 148 Å². The number of carboxylic acids is 1. The van der Waals surface area contributed by atoms with Crippen LogP contribution < -0.4 is 14.2 Å². The Balaban J connectivity index is 2.54. The fourth-order valence-electron chi connectivity index (χ4n) is 2.18. The van der Waals surface area contributed by atoms with Crippen molar-refractivity contribution in [2.45, 2.75) is 0 Å². The van der Waals surface area contributed by atoms with Crippen LogP contribution in [0.15, 0.2) is 40.9 Å². The van der Waals surface area contributed by atoms with Gasteiger partial charge in [-0.1, -0.05) is 28.1 Å². The van der Waals surface area contributed by atoms with E-state index in [1.54, 1.807) is 49.6 Å². The molecule has 0 saturated carbocycles. The molecule has 126 valence electrons. The van der Waals surface area contributed by atoms with Crippen molar-refractivity contribution in [1.29, 1.82) is 0 Å². The van der Waals surface area contributed by atoms with Gasteiger partial charge in [-0.15, -0.1) is 0 Å². The number of methoxy groups -OCH3 is 3. The standard InChI is InChI=1S/C18H17BrO5/c1-22-12-6-4-11(5-7-12)8-14(18(20)21)13-9-16(23-2)17(24-3)10-15(13)19/h4-10H,1-3H3,(H,20,21)/b14-8+. The fraction of sp³-hybridized carbons (Fsp3) is 0.167. The third-order valence-electron chi connectivity index (χ3n) is 3.42. The molecule has 2 aromatic rings. The molecule has 0 atom stereocenters. The van der Waals surface area contributed by atoms with Gasteiger partial charge in [-0.2, -0.15) is 0 Å². The van der Waals surface area contributed by atoms with Gasteiger partial charge in [0.1, 0.15) is 5.75 Å². The normalized spacial score (nSPS) is 11.1. The Morgan fingerprint density at radius 3 is 2.08 bits per heavy atom. The first kappa shape index (κ1) is 17.9. The molecule has 0 fully saturated rings. The lowest BCUT2D eigenvalue weighted by Gasteiger charge is -2.12. The summed E-state index contributed by atoms with van der Waals surface area (Å²) in [6, 6.07) is 10.4. The highest BCUT2D eigenvalue weighted by Crippen LogP contribution is 2.37. The van der Waals surface area contributed by atoms with Crippen molar-refractivity contribution in [1.82, 2.24) is 0 Å². The summed E-state index contributed by atoms with van der Waals surface area (Å²) in [5, 5.41) is 9.62. The molecule has 0 aliphatic heterocycles. The van der Waals surface area contributed by atoms with Crippen molar-refractivity contribution in [2.75, 3.05) is 21.3 Å². The molecule has 0 aliphatic carbocycles. The van der Waals surface area contributed by atoms with Crippen molar-refractivity contribution >= 4 is 33.5 Å². The first-order chi connectivity index (χ1) is 11.5. The molecular formula is C18H17BrO5. The number of hydrogen-bond donors (Lipinski definition) is 1. The molecule has 0 spiro atoms. The van der Waals surface area contributed by atoms with Gasteiger partial charge in [-0.05, 0) is 35.9 Å². The number of aliphatic carboxylic acids is 1. The van der Waals surface area contributed by atoms with Crippen molar-refractivity contribution in [3.8, 4) is 17.2 Å². The first-order valence-electron chi connectivity index (χ1n) is 7.01. The lowest BCUT2D eigenvalue weighted by atomic mass is 10.0. The average Bonchev–Trinajstić information content (AvgIpc) is 2.60. The summed E-state index contributed by atoms with van der Waals surface area (Å²) in [7, 11) is 4.60. The van der Waals surface area contributed by atoms with E-state index in [1.807, 2.05) is 0 Å². The lowest BCUT2D eigenvalue weighted by Crippen LogP contribution is -2.02. The topological polar surface area (TPSA) is 65.0 Å². The summed E-state index contributed by atoms with van der Waals surface area (Å²) in [6.07, 6.45) is 1.59. The molecule has 0 unspecified atom stereocenters. The number of carboxylic acid groups (broad SMARTS) is 1. The molecule has 1 N–H and O–H groups in total. The maximum atomic E-state index is 11.7. The molecule has 0 bridgehead atoms. The van der Waals surface area contributed by atoms with Gasteiger partial charge in [0.05, 0.1) is 26.9 Å². The fourth-order valence-corrected chi connectivity index (χ4v) is 2.72. The summed E-state index contributed by atoms with van der Waals surface area (Å²) in [4.78, 5) is 11.7. The number of carbonyl (C=O) groups is 1. The lowest BCUT2D eigenvalue weighted by molar-refractivity contribution is -0.130. The van der Waals surface area contributed by atoms with Crippen LogP contribution in [0.1, 0.15) is 11.1 Å². The van der Waals surface area contributed by atoms with Gasteiger partial charge in [-0.3, -0.25) is 0 Å². The number of hydrogen-bond acceptors (Lipinski definition) is 4. The van der Waals surface area contributed by atoms with Crippen LogP contribution in [0.4, 0.5) is 0 Å². The van der Waals surface area contributed by atoms with Crippen LogP contribution in [0.25, 0.3) is 11.6 Å². The van der Waals surface area contributed by atoms with E-state index in [2.05, 4.69) is 15.9 Å². The second-order valence-corrected chi connectivity index (χ2v) is 5.68. The Morgan fingerprint density at radius 2 is 1.58 bits per heavy atom. The van der Waals surface area contributed by atoms with Gasteiger partial charge in [-0.25, -0.2) is 4.79 Å². The van der Waals surface area contributed by atoms with Crippen molar-refractivity contribution in [3.63, 3.8) is 0 Å². The Bertz CT molecular complexity index is 766. The molecule has 0 heterocycles. The van der Waals surface area contributed by atoms with Gasteiger partial charge < -0.3 is 19.3 Å². The molecule has 0 radical (unpaired) electrons. The van der Waals surface area contributed by atoms with Gasteiger partial charge in [0.15, 0.2) is 11.5 Å². The second kappa shape index (κ2) is 7.88. The number of ether oxygens (including phenoxy) is 3. The van der Waals surface area contributed by atoms with E-state index in [0.29, 0.717) is 27.3 Å². The first-order valence-corrected chi connectivity index (χ1v) is 7.80. The number of halogens is 1. The summed E-state index contributed by atoms with van der Waals surface area (Å²) in [5.74, 6) is 0.634. The minimum absolute atomic E-state index is 0.132. The van der Waals surface area contributed by atoms with Crippen molar-refractivity contribution in [3.05, 3.63) is 52.0 Å². The van der Waals surface area contributed by atoms with Crippen LogP contribution in [-0.4, -0.2) is 32.4 Å². The van der Waals surface area contributed by atoms with E-state index in [4.69, 9.17) is 14.2 Å². The summed E-state index contributed by atoms with van der Waals surface area (Å²) < 4.78 is 16.2. The molecule has 6 heteroatoms. The van der Waals surface area contributed by atoms with Gasteiger partial charge in [0.2, 0.25) is 0 Å². The molecule has 2 rings (SSSR count). The van der Waals surface area contributed by atoms with Crippen molar-refractivity contribution in [2.24, 2.45) is 0 Å². The van der Waals surface area contributed by atoms with Crippen LogP contribution >= 0.6 is 15.9 Å². The van der Waals surface area contributed by atoms with Crippen LogP contribution in [0, 0.1) is 0 Å². The maximum absolute atomic E-state index is 11.7. The van der Waals surface area contributed by atoms with E-state index >= 15 is 0 Å². The molecule has 0 aliphatic rings. The molecule has 2 aromatic carbocycles. The molecule has 0 saturated heterocycles. The summed E-state index contributed by atoms with van der Waals surface area (Å²) in [5.41, 5.74) is 1.37. The summed E-state index contributed by atoms with van der Waals surface area (Å²) >= 11 is 3.40. The maximum Gasteiger partial charge on any atom is 0.336 e. The van der Waals surface area contributed by atoms with Gasteiger partial charge in [0, 0.05) is 10.0 Å². The molecule has 24 heavy (non-hydrogen) atoms. The van der Waals surface area contributed by atoms with Crippen LogP contribution in [0.5, 0.6) is 17.2 Å².